The molecule has 2 heterocycles. The van der Waals surface area contributed by atoms with Gasteiger partial charge in [-0.05, 0) is 19.4 Å². The summed E-state index contributed by atoms with van der Waals surface area (Å²) in [6.45, 7) is 4.95. The molecule has 2 aromatic rings. The molecule has 0 unspecified atom stereocenters. The topological polar surface area (TPSA) is 56.7 Å². The summed E-state index contributed by atoms with van der Waals surface area (Å²) < 4.78 is 1.96. The van der Waals surface area contributed by atoms with Gasteiger partial charge >= 0.3 is 0 Å². The fourth-order valence-electron chi connectivity index (χ4n) is 1.83. The molecule has 2 aromatic heterocycles. The molecule has 0 bridgehead atoms. The van der Waals surface area contributed by atoms with Crippen molar-refractivity contribution < 1.29 is 0 Å². The summed E-state index contributed by atoms with van der Waals surface area (Å²) >= 11 is 8.03. The SMILES string of the molecule is CCc1nn(CC)c(CSc2ccncc2N)c1Cl. The lowest BCUT2D eigenvalue weighted by Gasteiger charge is -2.06. The van der Waals surface area contributed by atoms with Gasteiger partial charge in [0.2, 0.25) is 0 Å². The van der Waals surface area contributed by atoms with E-state index in [4.69, 9.17) is 17.3 Å². The van der Waals surface area contributed by atoms with Crippen LogP contribution in [0.25, 0.3) is 0 Å². The number of hydrogen-bond acceptors (Lipinski definition) is 4. The maximum absolute atomic E-state index is 6.37. The predicted molar refractivity (Wildman–Crippen MR) is 80.5 cm³/mol. The Morgan fingerprint density at radius 1 is 1.42 bits per heavy atom. The molecule has 0 saturated heterocycles. The molecule has 0 fully saturated rings. The van der Waals surface area contributed by atoms with Gasteiger partial charge in [0.1, 0.15) is 0 Å². The van der Waals surface area contributed by atoms with Crippen LogP contribution in [0, 0.1) is 0 Å². The Balaban J connectivity index is 2.20. The molecule has 0 atom stereocenters. The molecule has 0 saturated carbocycles. The van der Waals surface area contributed by atoms with E-state index in [1.165, 1.54) is 0 Å². The van der Waals surface area contributed by atoms with Crippen molar-refractivity contribution in [2.75, 3.05) is 5.73 Å². The average Bonchev–Trinajstić information content (AvgIpc) is 2.74. The highest BCUT2D eigenvalue weighted by Gasteiger charge is 2.14. The predicted octanol–water partition coefficient (Wildman–Crippen LogP) is 3.39. The Morgan fingerprint density at radius 2 is 2.21 bits per heavy atom. The first kappa shape index (κ1) is 14.2. The lowest BCUT2D eigenvalue weighted by molar-refractivity contribution is 0.628. The Kier molecular flexibility index (Phi) is 4.71. The Hall–Kier alpha value is -1.20. The number of nitrogens with two attached hydrogens (primary N) is 1. The van der Waals surface area contributed by atoms with Crippen molar-refractivity contribution in [3.63, 3.8) is 0 Å². The number of halogens is 1. The van der Waals surface area contributed by atoms with E-state index in [1.54, 1.807) is 24.2 Å². The van der Waals surface area contributed by atoms with Crippen LogP contribution in [0.5, 0.6) is 0 Å². The van der Waals surface area contributed by atoms with Crippen LogP contribution in [-0.2, 0) is 18.7 Å². The fraction of sp³-hybridized carbons (Fsp3) is 0.385. The van der Waals surface area contributed by atoms with Crippen molar-refractivity contribution in [1.29, 1.82) is 0 Å². The number of nitrogen functional groups attached to an aromatic ring is 1. The molecular formula is C13H17ClN4S. The summed E-state index contributed by atoms with van der Waals surface area (Å²) in [4.78, 5) is 5.01. The lowest BCUT2D eigenvalue weighted by atomic mass is 10.3. The molecule has 0 spiro atoms. The molecule has 0 aliphatic rings. The normalized spacial score (nSPS) is 10.9. The number of aromatic nitrogens is 3. The third kappa shape index (κ3) is 3.04. The van der Waals surface area contributed by atoms with Crippen molar-refractivity contribution in [3.8, 4) is 0 Å². The van der Waals surface area contributed by atoms with E-state index in [2.05, 4.69) is 23.9 Å². The largest absolute Gasteiger partial charge is 0.397 e. The van der Waals surface area contributed by atoms with Crippen molar-refractivity contribution in [1.82, 2.24) is 14.8 Å². The first-order valence-corrected chi connectivity index (χ1v) is 7.60. The van der Waals surface area contributed by atoms with Crippen LogP contribution < -0.4 is 5.73 Å². The molecule has 2 N–H and O–H groups in total. The lowest BCUT2D eigenvalue weighted by Crippen LogP contribution is -2.02. The number of hydrogen-bond donors (Lipinski definition) is 1. The minimum absolute atomic E-state index is 0.696. The van der Waals surface area contributed by atoms with Gasteiger partial charge in [0.15, 0.2) is 0 Å². The molecule has 4 nitrogen and oxygen atoms in total. The highest BCUT2D eigenvalue weighted by molar-refractivity contribution is 7.98. The molecule has 2 rings (SSSR count). The molecule has 0 amide bonds. The maximum atomic E-state index is 6.37. The second-order valence-electron chi connectivity index (χ2n) is 4.08. The Morgan fingerprint density at radius 3 is 2.84 bits per heavy atom. The van der Waals surface area contributed by atoms with Crippen molar-refractivity contribution in [2.45, 2.75) is 37.5 Å². The summed E-state index contributed by atoms with van der Waals surface area (Å²) in [5.74, 6) is 0.758. The zero-order valence-corrected chi connectivity index (χ0v) is 12.6. The number of rotatable bonds is 5. The minimum atomic E-state index is 0.696. The van der Waals surface area contributed by atoms with Crippen LogP contribution in [0.2, 0.25) is 5.02 Å². The fourth-order valence-corrected chi connectivity index (χ4v) is 3.20. The monoisotopic (exact) mass is 296 g/mol. The first-order chi connectivity index (χ1) is 9.17. The molecule has 19 heavy (non-hydrogen) atoms. The van der Waals surface area contributed by atoms with Gasteiger partial charge < -0.3 is 5.73 Å². The standard InChI is InChI=1S/C13H17ClN4S/c1-3-10-13(14)11(18(4-2)17-10)8-19-12-5-6-16-7-9(12)15/h5-7H,3-4,8,15H2,1-2H3. The number of thioether (sulfide) groups is 1. The van der Waals surface area contributed by atoms with Gasteiger partial charge in [0, 0.05) is 23.4 Å². The summed E-state index contributed by atoms with van der Waals surface area (Å²) in [6.07, 6.45) is 4.26. The number of nitrogens with zero attached hydrogens (tertiary/aromatic N) is 3. The molecule has 0 aliphatic carbocycles. The van der Waals surface area contributed by atoms with Gasteiger partial charge in [0.05, 0.1) is 28.3 Å². The summed E-state index contributed by atoms with van der Waals surface area (Å²) in [5.41, 5.74) is 8.60. The van der Waals surface area contributed by atoms with E-state index in [0.29, 0.717) is 5.69 Å². The zero-order valence-electron chi connectivity index (χ0n) is 11.1. The van der Waals surface area contributed by atoms with Crippen LogP contribution in [0.4, 0.5) is 5.69 Å². The van der Waals surface area contributed by atoms with Crippen molar-refractivity contribution in [2.24, 2.45) is 0 Å². The van der Waals surface area contributed by atoms with Gasteiger partial charge in [-0.15, -0.1) is 11.8 Å². The van der Waals surface area contributed by atoms with E-state index >= 15 is 0 Å². The second kappa shape index (κ2) is 6.30. The van der Waals surface area contributed by atoms with Crippen LogP contribution in [0.15, 0.2) is 23.4 Å². The summed E-state index contributed by atoms with van der Waals surface area (Å²) in [5, 5.41) is 5.29. The van der Waals surface area contributed by atoms with E-state index in [1.807, 2.05) is 10.7 Å². The minimum Gasteiger partial charge on any atom is -0.397 e. The third-order valence-corrected chi connectivity index (χ3v) is 4.41. The van der Waals surface area contributed by atoms with Crippen molar-refractivity contribution >= 4 is 29.1 Å². The molecule has 0 aliphatic heterocycles. The molecule has 0 radical (unpaired) electrons. The van der Waals surface area contributed by atoms with Crippen LogP contribution in [0.1, 0.15) is 25.2 Å². The number of anilines is 1. The van der Waals surface area contributed by atoms with Gasteiger partial charge in [0.25, 0.3) is 0 Å². The van der Waals surface area contributed by atoms with Gasteiger partial charge in [-0.2, -0.15) is 5.10 Å². The van der Waals surface area contributed by atoms with E-state index in [9.17, 15) is 0 Å². The summed E-state index contributed by atoms with van der Waals surface area (Å²) in [6, 6.07) is 1.92. The number of pyridine rings is 1. The highest BCUT2D eigenvalue weighted by atomic mass is 35.5. The van der Waals surface area contributed by atoms with E-state index in [-0.39, 0.29) is 0 Å². The quantitative estimate of drug-likeness (QED) is 0.859. The van der Waals surface area contributed by atoms with E-state index in [0.717, 1.165) is 40.0 Å². The van der Waals surface area contributed by atoms with Crippen LogP contribution in [0.3, 0.4) is 0 Å². The van der Waals surface area contributed by atoms with Gasteiger partial charge in [-0.1, -0.05) is 18.5 Å². The van der Waals surface area contributed by atoms with Gasteiger partial charge in [-0.25, -0.2) is 0 Å². The molecule has 0 aromatic carbocycles. The zero-order chi connectivity index (χ0) is 13.8. The second-order valence-corrected chi connectivity index (χ2v) is 5.47. The smallest absolute Gasteiger partial charge is 0.0858 e. The molecule has 6 heteroatoms. The highest BCUT2D eigenvalue weighted by Crippen LogP contribution is 2.31. The summed E-state index contributed by atoms with van der Waals surface area (Å²) in [7, 11) is 0. The molecule has 102 valence electrons. The molecular weight excluding hydrogens is 280 g/mol. The Labute approximate surface area is 122 Å². The van der Waals surface area contributed by atoms with Gasteiger partial charge in [-0.3, -0.25) is 9.67 Å². The maximum Gasteiger partial charge on any atom is 0.0858 e. The third-order valence-electron chi connectivity index (χ3n) is 2.87. The Bertz CT molecular complexity index is 568. The van der Waals surface area contributed by atoms with E-state index < -0.39 is 0 Å². The van der Waals surface area contributed by atoms with Crippen molar-refractivity contribution in [3.05, 3.63) is 34.9 Å². The van der Waals surface area contributed by atoms with Crippen LogP contribution >= 0.6 is 23.4 Å². The average molecular weight is 297 g/mol. The first-order valence-electron chi connectivity index (χ1n) is 6.23. The number of aryl methyl sites for hydroxylation is 2. The van der Waals surface area contributed by atoms with Crippen LogP contribution in [-0.4, -0.2) is 14.8 Å².